The highest BCUT2D eigenvalue weighted by Gasteiger charge is 2.32. The van der Waals surface area contributed by atoms with E-state index in [1.54, 1.807) is 54.6 Å². The third-order valence-electron chi connectivity index (χ3n) is 6.25. The van der Waals surface area contributed by atoms with Crippen LogP contribution < -0.4 is 5.32 Å². The topological polar surface area (TPSA) is 86.8 Å². The summed E-state index contributed by atoms with van der Waals surface area (Å²) in [6, 6.07) is 15.4. The van der Waals surface area contributed by atoms with Gasteiger partial charge in [0.1, 0.15) is 0 Å². The van der Waals surface area contributed by atoms with Crippen molar-refractivity contribution in [2.24, 2.45) is 5.92 Å². The predicted octanol–water partition coefficient (Wildman–Crippen LogP) is 3.35. The maximum atomic E-state index is 12.8. The quantitative estimate of drug-likeness (QED) is 0.749. The highest BCUT2D eigenvalue weighted by molar-refractivity contribution is 7.89. The lowest BCUT2D eigenvalue weighted by molar-refractivity contribution is -0.120. The Kier molecular flexibility index (Phi) is 6.91. The Morgan fingerprint density at radius 1 is 0.812 bits per heavy atom. The molecular weight excluding hydrogens is 426 g/mol. The van der Waals surface area contributed by atoms with Crippen LogP contribution in [0.5, 0.6) is 0 Å². The summed E-state index contributed by atoms with van der Waals surface area (Å²) in [5, 5.41) is 2.91. The van der Waals surface area contributed by atoms with E-state index in [1.165, 1.54) is 10.7 Å². The monoisotopic (exact) mass is 455 g/mol. The summed E-state index contributed by atoms with van der Waals surface area (Å²) in [4.78, 5) is 27.4. The summed E-state index contributed by atoms with van der Waals surface area (Å²) in [6.07, 6.45) is 4.22. The van der Waals surface area contributed by atoms with E-state index in [0.717, 1.165) is 25.9 Å². The molecule has 32 heavy (non-hydrogen) atoms. The van der Waals surface area contributed by atoms with Crippen LogP contribution in [0.4, 0.5) is 5.69 Å². The first kappa shape index (κ1) is 22.5. The SMILES string of the molecule is O=C(Nc1ccc(C(=O)N2CCCCC2)cc1)C1CCN(S(=O)(=O)c2ccccc2)CC1. The number of piperidine rings is 2. The third kappa shape index (κ3) is 5.02. The second kappa shape index (κ2) is 9.83. The zero-order valence-electron chi connectivity index (χ0n) is 18.1. The van der Waals surface area contributed by atoms with Gasteiger partial charge in [-0.15, -0.1) is 0 Å². The Morgan fingerprint density at radius 2 is 1.44 bits per heavy atom. The number of amides is 2. The van der Waals surface area contributed by atoms with E-state index in [4.69, 9.17) is 0 Å². The largest absolute Gasteiger partial charge is 0.339 e. The maximum absolute atomic E-state index is 12.8. The van der Waals surface area contributed by atoms with Gasteiger partial charge in [-0.25, -0.2) is 8.42 Å². The van der Waals surface area contributed by atoms with Crippen LogP contribution in [-0.4, -0.2) is 55.6 Å². The lowest BCUT2D eigenvalue weighted by Crippen LogP contribution is -2.41. The molecule has 2 amide bonds. The van der Waals surface area contributed by atoms with Gasteiger partial charge in [-0.3, -0.25) is 9.59 Å². The molecule has 0 radical (unpaired) electrons. The van der Waals surface area contributed by atoms with Crippen molar-refractivity contribution in [3.8, 4) is 0 Å². The molecule has 0 aromatic heterocycles. The number of likely N-dealkylation sites (tertiary alicyclic amines) is 1. The Hall–Kier alpha value is -2.71. The molecule has 0 saturated carbocycles. The number of rotatable bonds is 5. The van der Waals surface area contributed by atoms with E-state index in [9.17, 15) is 18.0 Å². The normalized spacial score (nSPS) is 18.3. The Balaban J connectivity index is 1.31. The lowest BCUT2D eigenvalue weighted by Gasteiger charge is -2.30. The number of carbonyl (C=O) groups excluding carboxylic acids is 2. The molecule has 2 aliphatic heterocycles. The van der Waals surface area contributed by atoms with Crippen molar-refractivity contribution in [3.05, 3.63) is 60.2 Å². The minimum Gasteiger partial charge on any atom is -0.339 e. The summed E-state index contributed by atoms with van der Waals surface area (Å²) in [5.41, 5.74) is 1.27. The molecule has 170 valence electrons. The molecule has 2 heterocycles. The van der Waals surface area contributed by atoms with Crippen molar-refractivity contribution < 1.29 is 18.0 Å². The molecule has 2 aromatic carbocycles. The van der Waals surface area contributed by atoms with Crippen LogP contribution in [0, 0.1) is 5.92 Å². The first-order chi connectivity index (χ1) is 15.4. The molecule has 7 nitrogen and oxygen atoms in total. The number of nitrogens with zero attached hydrogens (tertiary/aromatic N) is 2. The predicted molar refractivity (Wildman–Crippen MR) is 123 cm³/mol. The molecular formula is C24H29N3O4S. The second-order valence-electron chi connectivity index (χ2n) is 8.41. The highest BCUT2D eigenvalue weighted by Crippen LogP contribution is 2.25. The van der Waals surface area contributed by atoms with E-state index < -0.39 is 10.0 Å². The van der Waals surface area contributed by atoms with Crippen molar-refractivity contribution in [1.82, 2.24) is 9.21 Å². The Bertz CT molecular complexity index is 1040. The number of nitrogens with one attached hydrogen (secondary N) is 1. The van der Waals surface area contributed by atoms with Crippen LogP contribution in [0.2, 0.25) is 0 Å². The van der Waals surface area contributed by atoms with Gasteiger partial charge in [0.15, 0.2) is 0 Å². The standard InChI is InChI=1S/C24H29N3O4S/c28-23(19-13-17-27(18-14-19)32(30,31)22-7-3-1-4-8-22)25-21-11-9-20(10-12-21)24(29)26-15-5-2-6-16-26/h1,3-4,7-12,19H,2,5-6,13-18H2,(H,25,28). The van der Waals surface area contributed by atoms with Crippen molar-refractivity contribution in [1.29, 1.82) is 0 Å². The zero-order chi connectivity index (χ0) is 22.6. The average Bonchev–Trinajstić information content (AvgIpc) is 2.85. The average molecular weight is 456 g/mol. The molecule has 8 heteroatoms. The van der Waals surface area contributed by atoms with Gasteiger partial charge in [-0.1, -0.05) is 18.2 Å². The van der Waals surface area contributed by atoms with Gasteiger partial charge in [0.05, 0.1) is 4.90 Å². The van der Waals surface area contributed by atoms with Gasteiger partial charge < -0.3 is 10.2 Å². The fourth-order valence-electron chi connectivity index (χ4n) is 4.32. The van der Waals surface area contributed by atoms with Crippen LogP contribution in [0.1, 0.15) is 42.5 Å². The molecule has 2 aliphatic rings. The highest BCUT2D eigenvalue weighted by atomic mass is 32.2. The van der Waals surface area contributed by atoms with Crippen molar-refractivity contribution in [2.75, 3.05) is 31.5 Å². The van der Waals surface area contributed by atoms with Gasteiger partial charge >= 0.3 is 0 Å². The van der Waals surface area contributed by atoms with E-state index in [0.29, 0.717) is 37.2 Å². The molecule has 2 aromatic rings. The first-order valence-electron chi connectivity index (χ1n) is 11.2. The van der Waals surface area contributed by atoms with E-state index in [2.05, 4.69) is 5.32 Å². The molecule has 0 unspecified atom stereocenters. The van der Waals surface area contributed by atoms with Gasteiger partial charge in [0, 0.05) is 43.3 Å². The van der Waals surface area contributed by atoms with E-state index in [-0.39, 0.29) is 22.6 Å². The molecule has 0 spiro atoms. The summed E-state index contributed by atoms with van der Waals surface area (Å²) in [5.74, 6) is -0.321. The number of carbonyl (C=O) groups is 2. The summed E-state index contributed by atoms with van der Waals surface area (Å²) >= 11 is 0. The maximum Gasteiger partial charge on any atom is 0.253 e. The number of anilines is 1. The van der Waals surface area contributed by atoms with Gasteiger partial charge in [-0.05, 0) is 68.5 Å². The van der Waals surface area contributed by atoms with E-state index >= 15 is 0 Å². The molecule has 2 fully saturated rings. The number of hydrogen-bond acceptors (Lipinski definition) is 4. The molecule has 1 N–H and O–H groups in total. The number of sulfonamides is 1. The number of benzene rings is 2. The molecule has 0 atom stereocenters. The Morgan fingerprint density at radius 3 is 2.06 bits per heavy atom. The van der Waals surface area contributed by atoms with E-state index in [1.807, 2.05) is 4.90 Å². The van der Waals surface area contributed by atoms with Crippen LogP contribution in [0.25, 0.3) is 0 Å². The Labute approximate surface area is 189 Å². The fraction of sp³-hybridized carbons (Fsp3) is 0.417. The fourth-order valence-corrected chi connectivity index (χ4v) is 5.81. The third-order valence-corrected chi connectivity index (χ3v) is 8.16. The minimum absolute atomic E-state index is 0.0366. The zero-order valence-corrected chi connectivity index (χ0v) is 18.9. The smallest absolute Gasteiger partial charge is 0.253 e. The molecule has 0 aliphatic carbocycles. The minimum atomic E-state index is -3.53. The first-order valence-corrected chi connectivity index (χ1v) is 12.6. The molecule has 4 rings (SSSR count). The summed E-state index contributed by atoms with van der Waals surface area (Å²) in [6.45, 7) is 2.24. The van der Waals surface area contributed by atoms with Crippen LogP contribution in [0.15, 0.2) is 59.5 Å². The number of hydrogen-bond donors (Lipinski definition) is 1. The van der Waals surface area contributed by atoms with Crippen molar-refractivity contribution >= 4 is 27.5 Å². The molecule has 2 saturated heterocycles. The van der Waals surface area contributed by atoms with Crippen LogP contribution >= 0.6 is 0 Å². The van der Waals surface area contributed by atoms with Gasteiger partial charge in [0.25, 0.3) is 5.91 Å². The molecule has 0 bridgehead atoms. The van der Waals surface area contributed by atoms with Crippen LogP contribution in [0.3, 0.4) is 0 Å². The lowest BCUT2D eigenvalue weighted by atomic mass is 9.97. The van der Waals surface area contributed by atoms with Gasteiger partial charge in [0.2, 0.25) is 15.9 Å². The summed E-state index contributed by atoms with van der Waals surface area (Å²) < 4.78 is 27.0. The van der Waals surface area contributed by atoms with Gasteiger partial charge in [-0.2, -0.15) is 4.31 Å². The second-order valence-corrected chi connectivity index (χ2v) is 10.3. The van der Waals surface area contributed by atoms with Crippen molar-refractivity contribution in [2.45, 2.75) is 37.0 Å². The van der Waals surface area contributed by atoms with Crippen molar-refractivity contribution in [3.63, 3.8) is 0 Å². The summed E-state index contributed by atoms with van der Waals surface area (Å²) in [7, 11) is -3.53. The van der Waals surface area contributed by atoms with Crippen LogP contribution in [-0.2, 0) is 14.8 Å².